The van der Waals surface area contributed by atoms with Crippen LogP contribution in [0.2, 0.25) is 0 Å². The van der Waals surface area contributed by atoms with Crippen LogP contribution in [0.15, 0.2) is 60.9 Å². The summed E-state index contributed by atoms with van der Waals surface area (Å²) in [5.74, 6) is 0.0495. The van der Waals surface area contributed by atoms with Gasteiger partial charge in [-0.15, -0.1) is 0 Å². The number of benzene rings is 1. The molecule has 1 amide bonds. The molecule has 2 heterocycles. The number of carbonyl (C=O) groups excluding carboxylic acids is 1. The van der Waals surface area contributed by atoms with Crippen LogP contribution in [0.1, 0.15) is 35.3 Å². The number of nitrogens with zero attached hydrogens (tertiary/aromatic N) is 3. The molecule has 134 valence electrons. The zero-order valence-electron chi connectivity index (χ0n) is 15.1. The van der Waals surface area contributed by atoms with Crippen molar-refractivity contribution in [2.24, 2.45) is 0 Å². The molecule has 0 saturated heterocycles. The summed E-state index contributed by atoms with van der Waals surface area (Å²) in [5, 5.41) is 7.51. The number of amides is 1. The molecule has 2 aromatic heterocycles. The molecule has 1 aromatic carbocycles. The third kappa shape index (κ3) is 4.79. The van der Waals surface area contributed by atoms with E-state index in [1.54, 1.807) is 29.4 Å². The van der Waals surface area contributed by atoms with Gasteiger partial charge in [0.25, 0.3) is 5.91 Å². The Balaban J connectivity index is 1.38. The number of unbranched alkanes of at least 4 members (excludes halogenated alkanes) is 2. The predicted octanol–water partition coefficient (Wildman–Crippen LogP) is 3.96. The molecule has 0 radical (unpaired) electrons. The lowest BCUT2D eigenvalue weighted by Gasteiger charge is -2.16. The van der Waals surface area contributed by atoms with Crippen LogP contribution in [-0.4, -0.2) is 39.6 Å². The van der Waals surface area contributed by atoms with E-state index in [4.69, 9.17) is 0 Å². The normalized spacial score (nSPS) is 10.7. The molecule has 0 spiro atoms. The van der Waals surface area contributed by atoms with Crippen molar-refractivity contribution in [2.75, 3.05) is 13.6 Å². The Kier molecular flexibility index (Phi) is 6.14. The molecule has 0 fully saturated rings. The van der Waals surface area contributed by atoms with Crippen LogP contribution in [0.3, 0.4) is 0 Å². The van der Waals surface area contributed by atoms with E-state index >= 15 is 0 Å². The lowest BCUT2D eigenvalue weighted by Crippen LogP contribution is -2.27. The van der Waals surface area contributed by atoms with Crippen LogP contribution in [0.25, 0.3) is 11.3 Å². The summed E-state index contributed by atoms with van der Waals surface area (Å²) in [5.41, 5.74) is 3.97. The highest BCUT2D eigenvalue weighted by Crippen LogP contribution is 2.18. The van der Waals surface area contributed by atoms with Gasteiger partial charge in [0.15, 0.2) is 0 Å². The smallest absolute Gasteiger partial charge is 0.253 e. The van der Waals surface area contributed by atoms with Gasteiger partial charge in [0, 0.05) is 42.8 Å². The van der Waals surface area contributed by atoms with Crippen molar-refractivity contribution in [3.63, 3.8) is 0 Å². The number of aromatic nitrogens is 3. The number of H-pyrrole nitrogens is 1. The Morgan fingerprint density at radius 2 is 1.81 bits per heavy atom. The summed E-state index contributed by atoms with van der Waals surface area (Å²) in [6.45, 7) is 0.763. The largest absolute Gasteiger partial charge is 0.342 e. The molecule has 0 bridgehead atoms. The van der Waals surface area contributed by atoms with Crippen LogP contribution >= 0.6 is 0 Å². The molecule has 0 unspecified atom stereocenters. The SMILES string of the molecule is CN(CCCCCc1cc(-c2ccccc2)n[nH]1)C(=O)c1ccncc1. The first kappa shape index (κ1) is 17.9. The molecule has 26 heavy (non-hydrogen) atoms. The molecule has 0 saturated carbocycles. The zero-order valence-corrected chi connectivity index (χ0v) is 15.1. The monoisotopic (exact) mass is 348 g/mol. The lowest BCUT2D eigenvalue weighted by atomic mass is 10.1. The molecule has 0 aliphatic heterocycles. The Morgan fingerprint density at radius 1 is 1.04 bits per heavy atom. The quantitative estimate of drug-likeness (QED) is 0.627. The number of carbonyl (C=O) groups is 1. The molecule has 0 aliphatic rings. The van der Waals surface area contributed by atoms with Gasteiger partial charge in [-0.05, 0) is 37.5 Å². The van der Waals surface area contributed by atoms with Gasteiger partial charge >= 0.3 is 0 Å². The van der Waals surface area contributed by atoms with Gasteiger partial charge in [0.05, 0.1) is 5.69 Å². The summed E-state index contributed by atoms with van der Waals surface area (Å²) in [4.78, 5) is 18.0. The maximum atomic E-state index is 12.3. The Hall–Kier alpha value is -2.95. The van der Waals surface area contributed by atoms with E-state index in [1.807, 2.05) is 25.2 Å². The molecule has 0 atom stereocenters. The van der Waals surface area contributed by atoms with E-state index in [9.17, 15) is 4.79 Å². The van der Waals surface area contributed by atoms with Crippen LogP contribution < -0.4 is 0 Å². The van der Waals surface area contributed by atoms with Gasteiger partial charge in [-0.3, -0.25) is 14.9 Å². The van der Waals surface area contributed by atoms with Crippen molar-refractivity contribution in [1.82, 2.24) is 20.1 Å². The predicted molar refractivity (Wildman–Crippen MR) is 103 cm³/mol. The van der Waals surface area contributed by atoms with Gasteiger partial charge in [0.1, 0.15) is 0 Å². The highest BCUT2D eigenvalue weighted by Gasteiger charge is 2.10. The fourth-order valence-corrected chi connectivity index (χ4v) is 2.90. The second-order valence-corrected chi connectivity index (χ2v) is 6.42. The standard InChI is InChI=1S/C21H24N4O/c1-25(21(26)18-11-13-22-14-12-18)15-7-3-6-10-19-16-20(24-23-19)17-8-4-2-5-9-17/h2,4-5,8-9,11-14,16H,3,6-7,10,15H2,1H3,(H,23,24). The van der Waals surface area contributed by atoms with Gasteiger partial charge in [-0.25, -0.2) is 0 Å². The van der Waals surface area contributed by atoms with E-state index in [2.05, 4.69) is 33.4 Å². The molecule has 0 aliphatic carbocycles. The fraction of sp³-hybridized carbons (Fsp3) is 0.286. The van der Waals surface area contributed by atoms with Crippen molar-refractivity contribution in [2.45, 2.75) is 25.7 Å². The summed E-state index contributed by atoms with van der Waals surface area (Å²) >= 11 is 0. The first-order valence-electron chi connectivity index (χ1n) is 8.99. The zero-order chi connectivity index (χ0) is 18.2. The van der Waals surface area contributed by atoms with Crippen LogP contribution in [0.4, 0.5) is 0 Å². The molecule has 5 nitrogen and oxygen atoms in total. The number of aryl methyl sites for hydroxylation is 1. The summed E-state index contributed by atoms with van der Waals surface area (Å²) in [7, 11) is 1.85. The van der Waals surface area contributed by atoms with Crippen molar-refractivity contribution in [3.8, 4) is 11.3 Å². The minimum Gasteiger partial charge on any atom is -0.342 e. The van der Waals surface area contributed by atoms with Crippen LogP contribution in [0.5, 0.6) is 0 Å². The highest BCUT2D eigenvalue weighted by atomic mass is 16.2. The maximum Gasteiger partial charge on any atom is 0.253 e. The molecule has 3 rings (SSSR count). The van der Waals surface area contributed by atoms with E-state index in [1.165, 1.54) is 0 Å². The number of aromatic amines is 1. The number of pyridine rings is 1. The number of hydrogen-bond acceptors (Lipinski definition) is 3. The van der Waals surface area contributed by atoms with E-state index in [-0.39, 0.29) is 5.91 Å². The van der Waals surface area contributed by atoms with Crippen molar-refractivity contribution >= 4 is 5.91 Å². The summed E-state index contributed by atoms with van der Waals surface area (Å²) in [6, 6.07) is 15.8. The first-order valence-corrected chi connectivity index (χ1v) is 8.99. The molecule has 3 aromatic rings. The van der Waals surface area contributed by atoms with Crippen LogP contribution in [-0.2, 0) is 6.42 Å². The average Bonchev–Trinajstić information content (AvgIpc) is 3.17. The topological polar surface area (TPSA) is 61.9 Å². The first-order chi connectivity index (χ1) is 12.7. The summed E-state index contributed by atoms with van der Waals surface area (Å²) in [6.07, 6.45) is 7.42. The lowest BCUT2D eigenvalue weighted by molar-refractivity contribution is 0.0792. The number of rotatable bonds is 8. The fourth-order valence-electron chi connectivity index (χ4n) is 2.90. The van der Waals surface area contributed by atoms with E-state index in [0.29, 0.717) is 5.56 Å². The van der Waals surface area contributed by atoms with Crippen LogP contribution in [0, 0.1) is 0 Å². The molecular formula is C21H24N4O. The van der Waals surface area contributed by atoms with Gasteiger partial charge in [-0.2, -0.15) is 5.10 Å². The minimum absolute atomic E-state index is 0.0495. The number of hydrogen-bond donors (Lipinski definition) is 1. The second-order valence-electron chi connectivity index (χ2n) is 6.42. The Morgan fingerprint density at radius 3 is 2.58 bits per heavy atom. The molecule has 5 heteroatoms. The van der Waals surface area contributed by atoms with Gasteiger partial charge in [0.2, 0.25) is 0 Å². The van der Waals surface area contributed by atoms with E-state index in [0.717, 1.165) is 49.2 Å². The number of nitrogens with one attached hydrogen (secondary N) is 1. The van der Waals surface area contributed by atoms with Crippen molar-refractivity contribution in [3.05, 3.63) is 72.2 Å². The molecular weight excluding hydrogens is 324 g/mol. The second kappa shape index (κ2) is 8.94. The van der Waals surface area contributed by atoms with Gasteiger partial charge < -0.3 is 4.90 Å². The highest BCUT2D eigenvalue weighted by molar-refractivity contribution is 5.93. The third-order valence-corrected chi connectivity index (χ3v) is 4.41. The minimum atomic E-state index is 0.0495. The maximum absolute atomic E-state index is 12.3. The van der Waals surface area contributed by atoms with Gasteiger partial charge in [-0.1, -0.05) is 36.8 Å². The average molecular weight is 348 g/mol. The van der Waals surface area contributed by atoms with Crippen molar-refractivity contribution in [1.29, 1.82) is 0 Å². The third-order valence-electron chi connectivity index (χ3n) is 4.41. The Bertz CT molecular complexity index is 814. The van der Waals surface area contributed by atoms with Crippen molar-refractivity contribution < 1.29 is 4.79 Å². The summed E-state index contributed by atoms with van der Waals surface area (Å²) < 4.78 is 0. The van der Waals surface area contributed by atoms with E-state index < -0.39 is 0 Å². The molecule has 1 N–H and O–H groups in total. The Labute approximate surface area is 154 Å².